The number of carbonyl (C=O) groups is 1. The molecule has 1 amide bonds. The molecule has 0 aromatic heterocycles. The van der Waals surface area contributed by atoms with Crippen LogP contribution in [0.25, 0.3) is 0 Å². The Balaban J connectivity index is 2.74. The highest BCUT2D eigenvalue weighted by molar-refractivity contribution is 5.80. The Kier molecular flexibility index (Phi) is 6.65. The predicted molar refractivity (Wildman–Crippen MR) is 73.3 cm³/mol. The van der Waals surface area contributed by atoms with Gasteiger partial charge < -0.3 is 15.4 Å². The molecule has 0 bridgehead atoms. The third kappa shape index (κ3) is 3.45. The molecule has 106 valence electrons. The Morgan fingerprint density at radius 2 is 2.06 bits per heavy atom. The SMILES string of the molecule is CCC1OCCC1C(=O)N(CCN)C(CC)CC. The molecule has 1 saturated heterocycles. The fourth-order valence-corrected chi connectivity index (χ4v) is 2.89. The van der Waals surface area contributed by atoms with Crippen molar-refractivity contribution in [3.8, 4) is 0 Å². The first-order valence-electron chi connectivity index (χ1n) is 7.31. The van der Waals surface area contributed by atoms with Crippen LogP contribution >= 0.6 is 0 Å². The molecule has 1 rings (SSSR count). The standard InChI is InChI=1S/C14H28N2O2/c1-4-11(5-2)16(9-8-15)14(17)12-7-10-18-13(12)6-3/h11-13H,4-10,15H2,1-3H3. The van der Waals surface area contributed by atoms with Crippen molar-refractivity contribution < 1.29 is 9.53 Å². The number of nitrogens with zero attached hydrogens (tertiary/aromatic N) is 1. The predicted octanol–water partition coefficient (Wildman–Crippen LogP) is 1.78. The molecular formula is C14H28N2O2. The van der Waals surface area contributed by atoms with Crippen LogP contribution in [0.3, 0.4) is 0 Å². The lowest BCUT2D eigenvalue weighted by atomic mass is 9.96. The summed E-state index contributed by atoms with van der Waals surface area (Å²) in [7, 11) is 0. The maximum atomic E-state index is 12.7. The van der Waals surface area contributed by atoms with Gasteiger partial charge in [-0.2, -0.15) is 0 Å². The van der Waals surface area contributed by atoms with Crippen LogP contribution in [0.15, 0.2) is 0 Å². The Morgan fingerprint density at radius 3 is 2.56 bits per heavy atom. The van der Waals surface area contributed by atoms with Crippen LogP contribution in [0.1, 0.15) is 46.5 Å². The molecule has 2 unspecified atom stereocenters. The van der Waals surface area contributed by atoms with E-state index in [4.69, 9.17) is 10.5 Å². The minimum atomic E-state index is 0.0437. The number of hydrogen-bond acceptors (Lipinski definition) is 3. The molecule has 4 nitrogen and oxygen atoms in total. The van der Waals surface area contributed by atoms with E-state index >= 15 is 0 Å². The molecule has 2 N–H and O–H groups in total. The molecule has 0 radical (unpaired) electrons. The fourth-order valence-electron chi connectivity index (χ4n) is 2.89. The van der Waals surface area contributed by atoms with Gasteiger partial charge in [0.15, 0.2) is 0 Å². The van der Waals surface area contributed by atoms with Gasteiger partial charge in [0.05, 0.1) is 12.0 Å². The summed E-state index contributed by atoms with van der Waals surface area (Å²) in [6.45, 7) is 8.26. The number of hydrogen-bond donors (Lipinski definition) is 1. The van der Waals surface area contributed by atoms with Gasteiger partial charge in [0.1, 0.15) is 0 Å². The molecule has 2 atom stereocenters. The molecular weight excluding hydrogens is 228 g/mol. The van der Waals surface area contributed by atoms with Crippen LogP contribution in [-0.2, 0) is 9.53 Å². The Labute approximate surface area is 111 Å². The summed E-state index contributed by atoms with van der Waals surface area (Å²) >= 11 is 0. The van der Waals surface area contributed by atoms with Crippen molar-refractivity contribution >= 4 is 5.91 Å². The summed E-state index contributed by atoms with van der Waals surface area (Å²) in [4.78, 5) is 14.6. The van der Waals surface area contributed by atoms with Gasteiger partial charge in [0.25, 0.3) is 0 Å². The number of rotatable bonds is 7. The number of carbonyl (C=O) groups excluding carboxylic acids is 1. The summed E-state index contributed by atoms with van der Waals surface area (Å²) in [5, 5.41) is 0. The molecule has 4 heteroatoms. The third-order valence-electron chi connectivity index (χ3n) is 3.97. The lowest BCUT2D eigenvalue weighted by Gasteiger charge is -2.33. The van der Waals surface area contributed by atoms with E-state index in [9.17, 15) is 4.79 Å². The van der Waals surface area contributed by atoms with E-state index in [1.54, 1.807) is 0 Å². The normalized spacial score (nSPS) is 23.6. The zero-order valence-corrected chi connectivity index (χ0v) is 12.0. The van der Waals surface area contributed by atoms with Crippen LogP contribution in [0.5, 0.6) is 0 Å². The smallest absolute Gasteiger partial charge is 0.228 e. The lowest BCUT2D eigenvalue weighted by molar-refractivity contribution is -0.139. The van der Waals surface area contributed by atoms with E-state index in [2.05, 4.69) is 20.8 Å². The first-order valence-corrected chi connectivity index (χ1v) is 7.31. The van der Waals surface area contributed by atoms with Gasteiger partial charge in [-0.1, -0.05) is 20.8 Å². The van der Waals surface area contributed by atoms with Crippen molar-refractivity contribution in [3.05, 3.63) is 0 Å². The van der Waals surface area contributed by atoms with Crippen LogP contribution in [0.2, 0.25) is 0 Å². The second kappa shape index (κ2) is 7.74. The third-order valence-corrected chi connectivity index (χ3v) is 3.97. The zero-order chi connectivity index (χ0) is 13.5. The van der Waals surface area contributed by atoms with Gasteiger partial charge in [-0.3, -0.25) is 4.79 Å². The van der Waals surface area contributed by atoms with Gasteiger partial charge in [0.2, 0.25) is 5.91 Å². The molecule has 1 heterocycles. The van der Waals surface area contributed by atoms with E-state index in [1.165, 1.54) is 0 Å². The van der Waals surface area contributed by atoms with Crippen LogP contribution < -0.4 is 5.73 Å². The quantitative estimate of drug-likeness (QED) is 0.755. The zero-order valence-electron chi connectivity index (χ0n) is 12.0. The van der Waals surface area contributed by atoms with Crippen molar-refractivity contribution in [2.45, 2.75) is 58.6 Å². The second-order valence-electron chi connectivity index (χ2n) is 5.00. The Hall–Kier alpha value is -0.610. The van der Waals surface area contributed by atoms with E-state index < -0.39 is 0 Å². The monoisotopic (exact) mass is 256 g/mol. The highest BCUT2D eigenvalue weighted by atomic mass is 16.5. The topological polar surface area (TPSA) is 55.6 Å². The maximum absolute atomic E-state index is 12.7. The van der Waals surface area contributed by atoms with Gasteiger partial charge >= 0.3 is 0 Å². The van der Waals surface area contributed by atoms with Gasteiger partial charge in [0, 0.05) is 25.7 Å². The van der Waals surface area contributed by atoms with E-state index in [1.807, 2.05) is 4.90 Å². The molecule has 0 aliphatic carbocycles. The van der Waals surface area contributed by atoms with E-state index in [0.717, 1.165) is 25.7 Å². The van der Waals surface area contributed by atoms with Gasteiger partial charge in [-0.25, -0.2) is 0 Å². The average molecular weight is 256 g/mol. The molecule has 1 aliphatic rings. The van der Waals surface area contributed by atoms with Crippen LogP contribution in [0, 0.1) is 5.92 Å². The Bertz CT molecular complexity index is 254. The molecule has 0 spiro atoms. The molecule has 1 aliphatic heterocycles. The number of amides is 1. The summed E-state index contributed by atoms with van der Waals surface area (Å²) < 4.78 is 5.63. The van der Waals surface area contributed by atoms with Crippen LogP contribution in [0.4, 0.5) is 0 Å². The molecule has 0 saturated carbocycles. The average Bonchev–Trinajstić information content (AvgIpc) is 2.86. The Morgan fingerprint density at radius 1 is 1.39 bits per heavy atom. The van der Waals surface area contributed by atoms with E-state index in [-0.39, 0.29) is 17.9 Å². The molecule has 18 heavy (non-hydrogen) atoms. The van der Waals surface area contributed by atoms with Crippen LogP contribution in [-0.4, -0.2) is 42.6 Å². The van der Waals surface area contributed by atoms with Crippen molar-refractivity contribution in [2.75, 3.05) is 19.7 Å². The minimum Gasteiger partial charge on any atom is -0.377 e. The van der Waals surface area contributed by atoms with Gasteiger partial charge in [-0.05, 0) is 25.7 Å². The van der Waals surface area contributed by atoms with Crippen molar-refractivity contribution in [3.63, 3.8) is 0 Å². The summed E-state index contributed by atoms with van der Waals surface area (Å²) in [6, 6.07) is 0.319. The maximum Gasteiger partial charge on any atom is 0.228 e. The van der Waals surface area contributed by atoms with Crippen molar-refractivity contribution in [1.29, 1.82) is 0 Å². The van der Waals surface area contributed by atoms with Gasteiger partial charge in [-0.15, -0.1) is 0 Å². The number of nitrogens with two attached hydrogens (primary N) is 1. The summed E-state index contributed by atoms with van der Waals surface area (Å²) in [5.74, 6) is 0.292. The fraction of sp³-hybridized carbons (Fsp3) is 0.929. The lowest BCUT2D eigenvalue weighted by Crippen LogP contribution is -2.47. The molecule has 0 aromatic carbocycles. The summed E-state index contributed by atoms with van der Waals surface area (Å²) in [6.07, 6.45) is 3.86. The first-order chi connectivity index (χ1) is 8.69. The minimum absolute atomic E-state index is 0.0437. The summed E-state index contributed by atoms with van der Waals surface area (Å²) in [5.41, 5.74) is 5.66. The highest BCUT2D eigenvalue weighted by Crippen LogP contribution is 2.26. The first kappa shape index (κ1) is 15.4. The second-order valence-corrected chi connectivity index (χ2v) is 5.00. The van der Waals surface area contributed by atoms with E-state index in [0.29, 0.717) is 25.7 Å². The number of ether oxygens (including phenoxy) is 1. The van der Waals surface area contributed by atoms with Crippen molar-refractivity contribution in [1.82, 2.24) is 4.90 Å². The van der Waals surface area contributed by atoms with Crippen molar-refractivity contribution in [2.24, 2.45) is 11.7 Å². The molecule has 0 aromatic rings. The largest absolute Gasteiger partial charge is 0.377 e. The molecule has 1 fully saturated rings. The highest BCUT2D eigenvalue weighted by Gasteiger charge is 2.36.